The fourth-order valence-electron chi connectivity index (χ4n) is 5.96. The van der Waals surface area contributed by atoms with Crippen LogP contribution in [-0.4, -0.2) is 101 Å². The molecule has 3 aliphatic heterocycles. The lowest BCUT2D eigenvalue weighted by molar-refractivity contribution is 0.265. The van der Waals surface area contributed by atoms with Crippen LogP contribution in [0.4, 0.5) is 23.3 Å². The third-order valence-corrected chi connectivity index (χ3v) is 13.1. The van der Waals surface area contributed by atoms with Gasteiger partial charge in [-0.3, -0.25) is 8.42 Å². The summed E-state index contributed by atoms with van der Waals surface area (Å²) in [6, 6.07) is 5.70. The van der Waals surface area contributed by atoms with Gasteiger partial charge in [0.2, 0.25) is 11.2 Å². The molecule has 0 spiro atoms. The van der Waals surface area contributed by atoms with E-state index in [1.54, 1.807) is 0 Å². The highest BCUT2D eigenvalue weighted by atomic mass is 35.5. The summed E-state index contributed by atoms with van der Waals surface area (Å²) in [5, 5.41) is 26.8. The highest BCUT2D eigenvalue weighted by Gasteiger charge is 2.45. The van der Waals surface area contributed by atoms with Crippen molar-refractivity contribution in [3.05, 3.63) is 44.9 Å². The van der Waals surface area contributed by atoms with Crippen molar-refractivity contribution in [3.63, 3.8) is 0 Å². The van der Waals surface area contributed by atoms with Crippen LogP contribution >= 0.6 is 34.8 Å². The molecule has 2 atom stereocenters. The maximum atomic E-state index is 12.5. The maximum absolute atomic E-state index is 12.5. The van der Waals surface area contributed by atoms with Crippen molar-refractivity contribution < 1.29 is 18.6 Å². The molecule has 1 aromatic carbocycles. The summed E-state index contributed by atoms with van der Waals surface area (Å²) in [5.74, 6) is 2.98. The highest BCUT2D eigenvalue weighted by molar-refractivity contribution is 7.85. The number of aliphatic hydroxyl groups is 2. The number of anilines is 4. The number of hydrogen-bond acceptors (Lipinski definition) is 12. The van der Waals surface area contributed by atoms with Crippen molar-refractivity contribution in [2.75, 3.05) is 71.3 Å². The van der Waals surface area contributed by atoms with Crippen LogP contribution in [0, 0.1) is 0 Å². The van der Waals surface area contributed by atoms with E-state index in [0.717, 1.165) is 68.9 Å². The van der Waals surface area contributed by atoms with Gasteiger partial charge < -0.3 is 30.6 Å². The van der Waals surface area contributed by atoms with E-state index >= 15 is 0 Å². The molecule has 2 aromatic heterocycles. The number of nitrogens with one attached hydrogen (secondary N) is 2. The summed E-state index contributed by atoms with van der Waals surface area (Å²) in [6.07, 6.45) is 4.95. The number of hydrogen-bond donors (Lipinski definition) is 4. The van der Waals surface area contributed by atoms with Gasteiger partial charge >= 0.3 is 0 Å². The molecule has 0 bridgehead atoms. The minimum Gasteiger partial charge on any atom is -0.394 e. The van der Waals surface area contributed by atoms with E-state index in [2.05, 4.69) is 30.4 Å². The molecule has 12 nitrogen and oxygen atoms in total. The smallest absolute Gasteiger partial charge is 0.227 e. The molecule has 8 rings (SSSR count). The summed E-state index contributed by atoms with van der Waals surface area (Å²) in [7, 11) is -2.14. The van der Waals surface area contributed by atoms with Gasteiger partial charge in [-0.05, 0) is 55.5 Å². The molecule has 3 fully saturated rings. The largest absolute Gasteiger partial charge is 0.394 e. The number of rotatable bonds is 8. The van der Waals surface area contributed by atoms with Gasteiger partial charge in [0.15, 0.2) is 0 Å². The number of piperazine rings is 1. The molecule has 5 aliphatic rings. The van der Waals surface area contributed by atoms with Crippen molar-refractivity contribution in [1.82, 2.24) is 19.9 Å². The first kappa shape index (κ1) is 33.2. The van der Waals surface area contributed by atoms with Crippen molar-refractivity contribution in [3.8, 4) is 0 Å². The van der Waals surface area contributed by atoms with Crippen molar-refractivity contribution in [1.29, 1.82) is 0 Å². The molecule has 17 heteroatoms. The van der Waals surface area contributed by atoms with Crippen LogP contribution in [0.1, 0.15) is 37.1 Å². The Morgan fingerprint density at radius 2 is 1.26 bits per heavy atom. The van der Waals surface area contributed by atoms with E-state index in [9.17, 15) is 18.6 Å². The first-order valence-electron chi connectivity index (χ1n) is 15.6. The normalized spacial score (nSPS) is 23.0. The lowest BCUT2D eigenvalue weighted by Crippen LogP contribution is -2.47. The van der Waals surface area contributed by atoms with E-state index in [1.165, 1.54) is 0 Å². The van der Waals surface area contributed by atoms with E-state index < -0.39 is 21.6 Å². The summed E-state index contributed by atoms with van der Waals surface area (Å²) in [6.45, 7) is 3.27. The lowest BCUT2D eigenvalue weighted by Gasteiger charge is -2.36. The Morgan fingerprint density at radius 3 is 1.79 bits per heavy atom. The van der Waals surface area contributed by atoms with Gasteiger partial charge in [0.05, 0.1) is 67.3 Å². The maximum Gasteiger partial charge on any atom is 0.227 e. The second-order valence-corrected chi connectivity index (χ2v) is 16.7. The van der Waals surface area contributed by atoms with Crippen molar-refractivity contribution in [2.24, 2.45) is 0 Å². The Balaban J connectivity index is 0.000000174. The van der Waals surface area contributed by atoms with Gasteiger partial charge in [-0.1, -0.05) is 23.2 Å². The Labute approximate surface area is 292 Å². The summed E-state index contributed by atoms with van der Waals surface area (Å²) in [5.41, 5.74) is 2.06. The topological polar surface area (TPSA) is 157 Å². The van der Waals surface area contributed by atoms with Crippen LogP contribution in [0.25, 0.3) is 0 Å². The molecular weight excluding hydrogens is 707 g/mol. The molecule has 1 saturated heterocycles. The van der Waals surface area contributed by atoms with E-state index in [-0.39, 0.29) is 29.6 Å². The highest BCUT2D eigenvalue weighted by Crippen LogP contribution is 2.42. The number of aliphatic hydroxyl groups excluding tert-OH is 2. The molecule has 47 heavy (non-hydrogen) atoms. The zero-order valence-corrected chi connectivity index (χ0v) is 29.4. The average Bonchev–Trinajstić information content (AvgIpc) is 3.96. The third kappa shape index (κ3) is 6.92. The molecular formula is C30H35Cl3N8O4S2. The average molecular weight is 742 g/mol. The second-order valence-electron chi connectivity index (χ2n) is 12.6. The van der Waals surface area contributed by atoms with Crippen LogP contribution in [0.15, 0.2) is 28.0 Å². The standard InChI is InChI=1S/C20H23Cl2N5O2S.C10H12ClN3O2S/c21-14-2-1-13(11-15(14)22)26-6-8-27(9-7-26)19-23-16-3-10-30(29)17(16)18(24-19)25-20(12-28)4-5-20;11-9-12-6-1-4-17(16)7(6)8(13-9)14-10(5-15)2-3-10/h1-2,11,28H,3-10,12H2,(H,23,24,25);15H,1-5H2,(H,12,13,14). The van der Waals surface area contributed by atoms with E-state index in [4.69, 9.17) is 44.8 Å². The molecule has 2 unspecified atom stereocenters. The Kier molecular flexibility index (Phi) is 9.30. The lowest BCUT2D eigenvalue weighted by atomic mass is 10.2. The quantitative estimate of drug-likeness (QED) is 0.250. The molecule has 3 aromatic rings. The Morgan fingerprint density at radius 1 is 0.723 bits per heavy atom. The summed E-state index contributed by atoms with van der Waals surface area (Å²) >= 11 is 18.1. The third-order valence-electron chi connectivity index (χ3n) is 9.25. The molecule has 2 aliphatic carbocycles. The van der Waals surface area contributed by atoms with Crippen molar-refractivity contribution in [2.45, 2.75) is 59.4 Å². The Hall–Kier alpha value is -2.33. The molecule has 252 valence electrons. The molecule has 0 amide bonds. The minimum absolute atomic E-state index is 0.0516. The number of aromatic nitrogens is 4. The summed E-state index contributed by atoms with van der Waals surface area (Å²) in [4.78, 5) is 23.5. The van der Waals surface area contributed by atoms with Gasteiger partial charge in [-0.2, -0.15) is 9.97 Å². The fourth-order valence-corrected chi connectivity index (χ4v) is 9.05. The first-order valence-corrected chi connectivity index (χ1v) is 19.4. The van der Waals surface area contributed by atoms with Gasteiger partial charge in [0.25, 0.3) is 0 Å². The summed E-state index contributed by atoms with van der Waals surface area (Å²) < 4.78 is 24.4. The van der Waals surface area contributed by atoms with Crippen LogP contribution in [0.3, 0.4) is 0 Å². The zero-order valence-electron chi connectivity index (χ0n) is 25.5. The van der Waals surface area contributed by atoms with E-state index in [0.29, 0.717) is 61.8 Å². The monoisotopic (exact) mass is 740 g/mol. The zero-order chi connectivity index (χ0) is 32.9. The molecule has 2 saturated carbocycles. The number of halogens is 3. The predicted octanol–water partition coefficient (Wildman–Crippen LogP) is 3.44. The van der Waals surface area contributed by atoms with Crippen molar-refractivity contribution >= 4 is 79.7 Å². The number of fused-ring (bicyclic) bond motifs is 2. The Bertz CT molecular complexity index is 1750. The molecule has 5 heterocycles. The van der Waals surface area contributed by atoms with Gasteiger partial charge in [0, 0.05) is 56.2 Å². The number of benzene rings is 1. The van der Waals surface area contributed by atoms with E-state index in [1.807, 2.05) is 18.2 Å². The van der Waals surface area contributed by atoms with Gasteiger partial charge in [-0.15, -0.1) is 0 Å². The van der Waals surface area contributed by atoms with Crippen LogP contribution in [0.2, 0.25) is 15.3 Å². The molecule has 0 radical (unpaired) electrons. The first-order chi connectivity index (χ1) is 22.6. The van der Waals surface area contributed by atoms with Crippen LogP contribution < -0.4 is 20.4 Å². The van der Waals surface area contributed by atoms with Crippen LogP contribution in [0.5, 0.6) is 0 Å². The SMILES string of the molecule is O=S1CCc2nc(Cl)nc(NC3(CO)CC3)c21.O=S1CCc2nc(N3CCN(c4ccc(Cl)c(Cl)c4)CC3)nc(NC3(CO)CC3)c21. The second kappa shape index (κ2) is 13.2. The minimum atomic E-state index is -1.09. The van der Waals surface area contributed by atoms with Gasteiger partial charge in [0.1, 0.15) is 21.4 Å². The fraction of sp³-hybridized carbons (Fsp3) is 0.533. The number of aryl methyl sites for hydroxylation is 2. The molecule has 4 N–H and O–H groups in total. The van der Waals surface area contributed by atoms with Gasteiger partial charge in [-0.25, -0.2) is 9.97 Å². The predicted molar refractivity (Wildman–Crippen MR) is 185 cm³/mol. The van der Waals surface area contributed by atoms with Crippen LogP contribution in [-0.2, 0) is 34.4 Å². The number of nitrogens with zero attached hydrogens (tertiary/aromatic N) is 6.